The van der Waals surface area contributed by atoms with Crippen molar-refractivity contribution in [3.05, 3.63) is 88.4 Å². The largest absolute Gasteiger partial charge is 0.484 e. The van der Waals surface area contributed by atoms with Gasteiger partial charge < -0.3 is 4.74 Å². The van der Waals surface area contributed by atoms with Gasteiger partial charge >= 0.3 is 0 Å². The number of nitrogens with zero attached hydrogens (tertiary/aromatic N) is 1. The van der Waals surface area contributed by atoms with Crippen molar-refractivity contribution in [1.82, 2.24) is 0 Å². The number of halogens is 1. The maximum absolute atomic E-state index is 13.5. The predicted molar refractivity (Wildman–Crippen MR) is 142 cm³/mol. The highest BCUT2D eigenvalue weighted by atomic mass is 35.5. The van der Waals surface area contributed by atoms with Crippen LogP contribution in [0.2, 0.25) is 5.02 Å². The lowest BCUT2D eigenvalue weighted by atomic mass is 9.98. The molecule has 0 fully saturated rings. The number of carbonyl (C=O) groups excluding carboxylic acids is 1. The van der Waals surface area contributed by atoms with Crippen LogP contribution in [0.15, 0.2) is 71.6 Å². The van der Waals surface area contributed by atoms with Gasteiger partial charge in [-0.3, -0.25) is 4.79 Å². The lowest BCUT2D eigenvalue weighted by molar-refractivity contribution is -0.119. The van der Waals surface area contributed by atoms with Gasteiger partial charge in [0.15, 0.2) is 6.61 Å². The van der Waals surface area contributed by atoms with E-state index in [0.29, 0.717) is 16.7 Å². The fourth-order valence-electron chi connectivity index (χ4n) is 3.90. The molecule has 0 saturated carbocycles. The Morgan fingerprint density at radius 3 is 2.23 bits per heavy atom. The predicted octanol–water partition coefficient (Wildman–Crippen LogP) is 6.92. The first-order valence-corrected chi connectivity index (χ1v) is 13.6. The van der Waals surface area contributed by atoms with Crippen molar-refractivity contribution in [3.8, 4) is 5.75 Å². The summed E-state index contributed by atoms with van der Waals surface area (Å²) in [6, 6.07) is 18.4. The van der Waals surface area contributed by atoms with Crippen LogP contribution in [-0.4, -0.2) is 20.9 Å². The average Bonchev–Trinajstić information content (AvgIpc) is 2.82. The first-order valence-electron chi connectivity index (χ1n) is 11.8. The summed E-state index contributed by atoms with van der Waals surface area (Å²) in [5.74, 6) is 0.192. The van der Waals surface area contributed by atoms with E-state index in [-0.39, 0.29) is 10.6 Å². The molecule has 0 N–H and O–H groups in total. The maximum Gasteiger partial charge on any atom is 0.278 e. The summed E-state index contributed by atoms with van der Waals surface area (Å²) in [5.41, 5.74) is 3.60. The van der Waals surface area contributed by atoms with Crippen LogP contribution >= 0.6 is 11.6 Å². The number of ether oxygens (including phenoxy) is 1. The molecule has 0 atom stereocenters. The minimum atomic E-state index is -4.19. The van der Waals surface area contributed by atoms with E-state index in [1.807, 2.05) is 31.2 Å². The van der Waals surface area contributed by atoms with Crippen molar-refractivity contribution >= 4 is 33.2 Å². The number of benzene rings is 3. The summed E-state index contributed by atoms with van der Waals surface area (Å²) in [7, 11) is -4.19. The van der Waals surface area contributed by atoms with Crippen LogP contribution in [0.5, 0.6) is 5.75 Å². The number of carbonyl (C=O) groups is 1. The van der Waals surface area contributed by atoms with Gasteiger partial charge in [-0.2, -0.15) is 4.31 Å². The summed E-state index contributed by atoms with van der Waals surface area (Å²) in [6.45, 7) is 7.90. The van der Waals surface area contributed by atoms with E-state index in [0.717, 1.165) is 34.7 Å². The zero-order valence-corrected chi connectivity index (χ0v) is 22.2. The van der Waals surface area contributed by atoms with Crippen molar-refractivity contribution in [2.75, 3.05) is 10.9 Å². The average molecular weight is 514 g/mol. The van der Waals surface area contributed by atoms with Gasteiger partial charge in [0.1, 0.15) is 5.75 Å². The van der Waals surface area contributed by atoms with Gasteiger partial charge in [0, 0.05) is 5.02 Å². The Morgan fingerprint density at radius 2 is 1.66 bits per heavy atom. The van der Waals surface area contributed by atoms with E-state index in [1.54, 1.807) is 18.2 Å². The standard InChI is InChI=1S/C28H32ClNO4S/c1-5-6-7-22-8-12-24(13-9-22)30(35(32,33)26-15-10-23(29)11-16-26)28(31)19-34-25-14-17-27(20(2)3)21(4)18-25/h8-18,20H,5-7,19H2,1-4H3. The first-order chi connectivity index (χ1) is 16.6. The number of amides is 1. The zero-order chi connectivity index (χ0) is 25.6. The molecule has 0 aliphatic rings. The normalized spacial score (nSPS) is 11.5. The molecule has 1 amide bonds. The van der Waals surface area contributed by atoms with Crippen LogP contribution in [0.3, 0.4) is 0 Å². The van der Waals surface area contributed by atoms with Crippen LogP contribution in [0.1, 0.15) is 56.2 Å². The number of rotatable bonds is 10. The highest BCUT2D eigenvalue weighted by molar-refractivity contribution is 7.93. The minimum Gasteiger partial charge on any atom is -0.484 e. The molecular weight excluding hydrogens is 482 g/mol. The third-order valence-corrected chi connectivity index (χ3v) is 7.81. The Balaban J connectivity index is 1.91. The third kappa shape index (κ3) is 6.65. The smallest absolute Gasteiger partial charge is 0.278 e. The van der Waals surface area contributed by atoms with Crippen molar-refractivity contribution < 1.29 is 17.9 Å². The maximum atomic E-state index is 13.5. The molecule has 0 unspecified atom stereocenters. The van der Waals surface area contributed by atoms with Crippen molar-refractivity contribution in [1.29, 1.82) is 0 Å². The summed E-state index contributed by atoms with van der Waals surface area (Å²) in [6.07, 6.45) is 2.99. The van der Waals surface area contributed by atoms with Crippen molar-refractivity contribution in [2.24, 2.45) is 0 Å². The van der Waals surface area contributed by atoms with Gasteiger partial charge in [-0.15, -0.1) is 0 Å². The lowest BCUT2D eigenvalue weighted by Gasteiger charge is -2.23. The summed E-state index contributed by atoms with van der Waals surface area (Å²) in [4.78, 5) is 13.3. The number of aryl methyl sites for hydroxylation is 2. The molecule has 0 aliphatic carbocycles. The van der Waals surface area contributed by atoms with Gasteiger partial charge in [0.25, 0.3) is 15.9 Å². The highest BCUT2D eigenvalue weighted by Crippen LogP contribution is 2.27. The third-order valence-electron chi connectivity index (χ3n) is 5.79. The monoisotopic (exact) mass is 513 g/mol. The highest BCUT2D eigenvalue weighted by Gasteiger charge is 2.31. The van der Waals surface area contributed by atoms with Crippen LogP contribution < -0.4 is 9.04 Å². The molecule has 186 valence electrons. The molecule has 0 aromatic heterocycles. The fraction of sp³-hybridized carbons (Fsp3) is 0.321. The molecule has 3 rings (SSSR count). The lowest BCUT2D eigenvalue weighted by Crippen LogP contribution is -2.40. The minimum absolute atomic E-state index is 0.0255. The van der Waals surface area contributed by atoms with Gasteiger partial charge in [-0.05, 0) is 90.9 Å². The van der Waals surface area contributed by atoms with E-state index in [9.17, 15) is 13.2 Å². The van der Waals surface area contributed by atoms with E-state index in [1.165, 1.54) is 29.8 Å². The molecule has 7 heteroatoms. The first kappa shape index (κ1) is 26.8. The summed E-state index contributed by atoms with van der Waals surface area (Å²) >= 11 is 5.95. The van der Waals surface area contributed by atoms with Crippen LogP contribution in [0.4, 0.5) is 5.69 Å². The molecule has 3 aromatic rings. The van der Waals surface area contributed by atoms with Crippen LogP contribution in [0.25, 0.3) is 0 Å². The Kier molecular flexibility index (Phi) is 8.98. The van der Waals surface area contributed by atoms with E-state index >= 15 is 0 Å². The number of anilines is 1. The number of hydrogen-bond donors (Lipinski definition) is 0. The van der Waals surface area contributed by atoms with Gasteiger partial charge in [-0.25, -0.2) is 8.42 Å². The Hall–Kier alpha value is -2.83. The topological polar surface area (TPSA) is 63.7 Å². The number of sulfonamides is 1. The molecule has 0 spiro atoms. The zero-order valence-electron chi connectivity index (χ0n) is 20.6. The molecule has 0 bridgehead atoms. The van der Waals surface area contributed by atoms with E-state index in [2.05, 4.69) is 20.8 Å². The number of hydrogen-bond acceptors (Lipinski definition) is 4. The fourth-order valence-corrected chi connectivity index (χ4v) is 5.43. The molecule has 0 radical (unpaired) electrons. The molecular formula is C28H32ClNO4S. The second-order valence-corrected chi connectivity index (χ2v) is 11.1. The van der Waals surface area contributed by atoms with E-state index < -0.39 is 22.5 Å². The van der Waals surface area contributed by atoms with Gasteiger partial charge in [-0.1, -0.05) is 57.0 Å². The summed E-state index contributed by atoms with van der Waals surface area (Å²) in [5, 5.41) is 0.408. The summed E-state index contributed by atoms with van der Waals surface area (Å²) < 4.78 is 33.6. The van der Waals surface area contributed by atoms with Crippen LogP contribution in [-0.2, 0) is 21.2 Å². The van der Waals surface area contributed by atoms with Crippen molar-refractivity contribution in [2.45, 2.75) is 57.8 Å². The number of unbranched alkanes of at least 4 members (excludes halogenated alkanes) is 1. The molecule has 0 saturated heterocycles. The van der Waals surface area contributed by atoms with Gasteiger partial charge in [0.05, 0.1) is 10.6 Å². The second-order valence-electron chi connectivity index (χ2n) is 8.85. The molecule has 35 heavy (non-hydrogen) atoms. The second kappa shape index (κ2) is 11.7. The Morgan fingerprint density at radius 1 is 1.00 bits per heavy atom. The van der Waals surface area contributed by atoms with E-state index in [4.69, 9.17) is 16.3 Å². The van der Waals surface area contributed by atoms with Gasteiger partial charge in [0.2, 0.25) is 0 Å². The van der Waals surface area contributed by atoms with Crippen molar-refractivity contribution in [3.63, 3.8) is 0 Å². The molecule has 0 heterocycles. The quantitative estimate of drug-likeness (QED) is 0.295. The Labute approximate surface area is 213 Å². The molecule has 3 aromatic carbocycles. The SMILES string of the molecule is CCCCc1ccc(N(C(=O)COc2ccc(C(C)C)c(C)c2)S(=O)(=O)c2ccc(Cl)cc2)cc1. The molecule has 5 nitrogen and oxygen atoms in total. The molecule has 0 aliphatic heterocycles. The Bertz CT molecular complexity index is 1250. The van der Waals surface area contributed by atoms with Crippen LogP contribution in [0, 0.1) is 6.92 Å².